The van der Waals surface area contributed by atoms with Crippen molar-refractivity contribution in [1.29, 1.82) is 0 Å². The summed E-state index contributed by atoms with van der Waals surface area (Å²) in [5.41, 5.74) is 7.24. The van der Waals surface area contributed by atoms with Crippen LogP contribution in [0.25, 0.3) is 16.6 Å². The van der Waals surface area contributed by atoms with E-state index in [4.69, 9.17) is 14.2 Å². The molecule has 6 heterocycles. The number of carboxylic acid groups (broad SMARTS) is 1. The van der Waals surface area contributed by atoms with E-state index in [-0.39, 0.29) is 36.2 Å². The summed E-state index contributed by atoms with van der Waals surface area (Å²) in [4.78, 5) is 13.9. The molecule has 0 amide bonds. The van der Waals surface area contributed by atoms with Crippen LogP contribution in [0.3, 0.4) is 0 Å². The lowest BCUT2D eigenvalue weighted by atomic mass is 9.74. The van der Waals surface area contributed by atoms with Crippen LogP contribution >= 0.6 is 0 Å². The molecule has 2 aromatic carbocycles. The number of nitrogens with zero attached hydrogens (tertiary/aromatic N) is 3. The lowest BCUT2D eigenvalue weighted by Crippen LogP contribution is -2.49. The number of hydrogen-bond donors (Lipinski definition) is 2. The fraction of sp³-hybridized carbons (Fsp3) is 0.471. The minimum Gasteiger partial charge on any atom is -0.486 e. The summed E-state index contributed by atoms with van der Waals surface area (Å²) in [5, 5.41) is 9.45. The third kappa shape index (κ3) is 4.72. The quantitative estimate of drug-likeness (QED) is 0.272. The van der Waals surface area contributed by atoms with Crippen molar-refractivity contribution in [2.75, 3.05) is 30.4 Å². The van der Waals surface area contributed by atoms with Crippen LogP contribution in [0.4, 0.5) is 5.69 Å². The van der Waals surface area contributed by atoms with Crippen LogP contribution in [-0.2, 0) is 38.2 Å². The van der Waals surface area contributed by atoms with Crippen LogP contribution in [-0.4, -0.2) is 66.3 Å². The molecule has 0 aliphatic carbocycles. The van der Waals surface area contributed by atoms with Gasteiger partial charge in [0.15, 0.2) is 22.5 Å². The van der Waals surface area contributed by atoms with Gasteiger partial charge in [-0.25, -0.2) is 9.13 Å². The van der Waals surface area contributed by atoms with Crippen LogP contribution in [0.15, 0.2) is 53.7 Å². The third-order valence-corrected chi connectivity index (χ3v) is 11.1. The molecule has 11 nitrogen and oxygen atoms in total. The lowest BCUT2D eigenvalue weighted by molar-refractivity contribution is -0.679. The minimum absolute atomic E-state index is 0.0777. The molecule has 3 aromatic rings. The second-order valence-electron chi connectivity index (χ2n) is 13.1. The van der Waals surface area contributed by atoms with Gasteiger partial charge in [-0.2, -0.15) is 8.42 Å². The second kappa shape index (κ2) is 10.9. The summed E-state index contributed by atoms with van der Waals surface area (Å²) >= 11 is 0. The van der Waals surface area contributed by atoms with E-state index < -0.39 is 16.1 Å². The zero-order chi connectivity index (χ0) is 31.8. The highest BCUT2D eigenvalue weighted by atomic mass is 32.2. The number of aliphatic carboxylic acids is 1. The average molecular weight is 649 g/mol. The topological polar surface area (TPSA) is 131 Å². The molecule has 2 N–H and O–H groups in total. The van der Waals surface area contributed by atoms with Gasteiger partial charge in [0.1, 0.15) is 13.2 Å². The van der Waals surface area contributed by atoms with Gasteiger partial charge in [0.05, 0.1) is 36.6 Å². The van der Waals surface area contributed by atoms with Crippen molar-refractivity contribution in [2.24, 2.45) is 0 Å². The molecule has 12 heteroatoms. The number of rotatable bonds is 8. The predicted molar refractivity (Wildman–Crippen MR) is 170 cm³/mol. The van der Waals surface area contributed by atoms with Crippen LogP contribution in [0.1, 0.15) is 56.8 Å². The van der Waals surface area contributed by atoms with Gasteiger partial charge in [-0.15, -0.1) is 0 Å². The molecule has 0 saturated heterocycles. The van der Waals surface area contributed by atoms with Crippen molar-refractivity contribution in [3.05, 3.63) is 65.1 Å². The maximum Gasteiger partial charge on any atom is 0.303 e. The lowest BCUT2D eigenvalue weighted by Gasteiger charge is -2.42. The van der Waals surface area contributed by atoms with Gasteiger partial charge in [-0.3, -0.25) is 9.35 Å². The van der Waals surface area contributed by atoms with E-state index in [0.717, 1.165) is 53.9 Å². The average Bonchev–Trinajstić information content (AvgIpc) is 3.47. The summed E-state index contributed by atoms with van der Waals surface area (Å²) in [5.74, 6) is 1.17. The molecule has 0 bridgehead atoms. The number of para-hydroxylation sites is 1. The molecule has 3 atom stereocenters. The number of benzene rings is 2. The number of aromatic nitrogens is 2. The number of ether oxygens (including phenoxy) is 3. The van der Waals surface area contributed by atoms with E-state index >= 15 is 0 Å². The monoisotopic (exact) mass is 648 g/mol. The molecule has 0 fully saturated rings. The maximum atomic E-state index is 11.7. The molecule has 3 unspecified atom stereocenters. The molecular weight excluding hydrogens is 610 g/mol. The molecule has 8 rings (SSSR count). The second-order valence-corrected chi connectivity index (χ2v) is 14.7. The van der Waals surface area contributed by atoms with Crippen molar-refractivity contribution < 1.29 is 41.6 Å². The summed E-state index contributed by atoms with van der Waals surface area (Å²) in [6.45, 7) is 5.10. The Labute approximate surface area is 267 Å². The number of fused-ring (bicyclic) bond motifs is 10. The first-order valence-electron chi connectivity index (χ1n) is 16.1. The zero-order valence-corrected chi connectivity index (χ0v) is 26.6. The number of carboxylic acids is 1. The van der Waals surface area contributed by atoms with Crippen molar-refractivity contribution in [3.63, 3.8) is 0 Å². The summed E-state index contributed by atoms with van der Waals surface area (Å²) in [7, 11) is -4.12. The highest BCUT2D eigenvalue weighted by Crippen LogP contribution is 2.55. The zero-order valence-electron chi connectivity index (χ0n) is 25.8. The molecule has 0 saturated carbocycles. The number of imidazole rings is 1. The van der Waals surface area contributed by atoms with Crippen molar-refractivity contribution in [2.45, 2.75) is 76.2 Å². The van der Waals surface area contributed by atoms with E-state index in [1.54, 1.807) is 0 Å². The highest BCUT2D eigenvalue weighted by molar-refractivity contribution is 7.85. The SMILES string of the molecule is CC1(CCCC(=O)O)C2=C3C=C4c5n(CCCS(=O)(=O)O)c6cc7c(cc6[n+]5CCC4OC3CCN2c2ccccc21)OCCO7. The highest BCUT2D eigenvalue weighted by Gasteiger charge is 2.50. The molecular formula is C34H38N3O8S+. The standard InChI is InChI=1S/C34H37N3O8S/c1-34(11-4-8-31(38)39)23-6-2-3-7-24(23)35-13-9-27-21(32(34)35)18-22-28(45-27)10-14-37-26-20-30-29(43-15-16-44-30)19-25(26)36(33(22)37)12-5-17-46(40,41)42/h2-3,6-7,18-20,27-28H,4-5,8-17H2,1H3,(H-,38,39,40,41,42)/p+1. The Morgan fingerprint density at radius 1 is 1.09 bits per heavy atom. The molecule has 5 aliphatic heterocycles. The van der Waals surface area contributed by atoms with Gasteiger partial charge in [0, 0.05) is 60.3 Å². The number of allylic oxidation sites excluding steroid dienone is 1. The third-order valence-electron chi connectivity index (χ3n) is 10.3. The van der Waals surface area contributed by atoms with Gasteiger partial charge in [0.2, 0.25) is 0 Å². The van der Waals surface area contributed by atoms with Gasteiger partial charge >= 0.3 is 5.97 Å². The first-order valence-corrected chi connectivity index (χ1v) is 17.7. The van der Waals surface area contributed by atoms with Crippen LogP contribution in [0.5, 0.6) is 11.5 Å². The molecule has 0 radical (unpaired) electrons. The summed E-state index contributed by atoms with van der Waals surface area (Å²) < 4.78 is 56.1. The first-order chi connectivity index (χ1) is 22.1. The molecule has 242 valence electrons. The van der Waals surface area contributed by atoms with Crippen LogP contribution < -0.4 is 18.9 Å². The van der Waals surface area contributed by atoms with Crippen LogP contribution in [0, 0.1) is 0 Å². The van der Waals surface area contributed by atoms with Crippen molar-refractivity contribution in [1.82, 2.24) is 4.57 Å². The van der Waals surface area contributed by atoms with E-state index in [1.165, 1.54) is 16.9 Å². The molecule has 5 aliphatic rings. The number of aryl methyl sites for hydroxylation is 2. The Hall–Kier alpha value is -3.87. The largest absolute Gasteiger partial charge is 0.486 e. The Kier molecular flexibility index (Phi) is 6.96. The Morgan fingerprint density at radius 2 is 1.87 bits per heavy atom. The summed E-state index contributed by atoms with van der Waals surface area (Å²) in [6.07, 6.45) is 5.35. The van der Waals surface area contributed by atoms with Crippen molar-refractivity contribution in [3.8, 4) is 11.5 Å². The fourth-order valence-electron chi connectivity index (χ4n) is 8.38. The van der Waals surface area contributed by atoms with E-state index in [0.29, 0.717) is 44.1 Å². The smallest absolute Gasteiger partial charge is 0.303 e. The maximum absolute atomic E-state index is 11.7. The number of hydrogen-bond acceptors (Lipinski definition) is 7. The Balaban J connectivity index is 1.31. The molecule has 1 aromatic heterocycles. The van der Waals surface area contributed by atoms with Crippen molar-refractivity contribution >= 4 is 38.4 Å². The Bertz CT molecular complexity index is 1950. The molecule has 0 spiro atoms. The van der Waals surface area contributed by atoms with E-state index in [1.807, 2.05) is 12.1 Å². The number of carbonyl (C=O) groups is 1. The molecule has 46 heavy (non-hydrogen) atoms. The van der Waals surface area contributed by atoms with Gasteiger partial charge in [-0.05, 0) is 43.9 Å². The minimum atomic E-state index is -4.12. The van der Waals surface area contributed by atoms with Crippen LogP contribution in [0.2, 0.25) is 0 Å². The first kappa shape index (κ1) is 29.5. The van der Waals surface area contributed by atoms with E-state index in [9.17, 15) is 22.9 Å². The van der Waals surface area contributed by atoms with E-state index in [2.05, 4.69) is 51.3 Å². The van der Waals surface area contributed by atoms with Gasteiger partial charge < -0.3 is 24.2 Å². The summed E-state index contributed by atoms with van der Waals surface area (Å²) in [6, 6.07) is 12.4. The van der Waals surface area contributed by atoms with Gasteiger partial charge in [-0.1, -0.05) is 18.2 Å². The Morgan fingerprint density at radius 3 is 2.65 bits per heavy atom. The predicted octanol–water partition coefficient (Wildman–Crippen LogP) is 4.22. The number of anilines is 1. The van der Waals surface area contributed by atoms with Gasteiger partial charge in [0.25, 0.3) is 15.9 Å². The normalized spacial score (nSPS) is 24.6. The fourth-order valence-corrected chi connectivity index (χ4v) is 8.88.